The minimum Gasteiger partial charge on any atom is -0.495 e. The molecule has 2 nitrogen and oxygen atoms in total. The van der Waals surface area contributed by atoms with Crippen molar-refractivity contribution in [2.45, 2.75) is 4.90 Å². The zero-order valence-electron chi connectivity index (χ0n) is 8.03. The number of nitrogen functional groups attached to an aromatic ring is 1. The van der Waals surface area contributed by atoms with E-state index in [1.807, 2.05) is 17.7 Å². The van der Waals surface area contributed by atoms with E-state index < -0.39 is 0 Å². The zero-order chi connectivity index (χ0) is 10.1. The summed E-state index contributed by atoms with van der Waals surface area (Å²) in [6.07, 6.45) is 2.04. The number of benzene rings is 1. The Morgan fingerprint density at radius 2 is 2.21 bits per heavy atom. The largest absolute Gasteiger partial charge is 0.495 e. The summed E-state index contributed by atoms with van der Waals surface area (Å²) in [6.45, 7) is 0. The molecule has 0 unspecified atom stereocenters. The van der Waals surface area contributed by atoms with Gasteiger partial charge in [0, 0.05) is 15.7 Å². The molecule has 0 amide bonds. The van der Waals surface area contributed by atoms with Crippen LogP contribution in [0.15, 0.2) is 22.4 Å². The summed E-state index contributed by atoms with van der Waals surface area (Å²) in [7, 11) is 1.69. The van der Waals surface area contributed by atoms with E-state index in [2.05, 4.69) is 6.07 Å². The predicted octanol–water partition coefficient (Wildman–Crippen LogP) is 3.21. The highest BCUT2D eigenvalue weighted by molar-refractivity contribution is 7.98. The lowest BCUT2D eigenvalue weighted by atomic mass is 10.2. The van der Waals surface area contributed by atoms with Gasteiger partial charge in [0.15, 0.2) is 0 Å². The maximum Gasteiger partial charge on any atom is 0.137 e. The first kappa shape index (κ1) is 9.68. The minimum atomic E-state index is 0.833. The van der Waals surface area contributed by atoms with Gasteiger partial charge in [-0.05, 0) is 18.4 Å². The average molecular weight is 225 g/mol. The van der Waals surface area contributed by atoms with Crippen LogP contribution < -0.4 is 10.5 Å². The number of hydrogen-bond donors (Lipinski definition) is 1. The van der Waals surface area contributed by atoms with Gasteiger partial charge in [-0.2, -0.15) is 0 Å². The van der Waals surface area contributed by atoms with Crippen molar-refractivity contribution in [2.75, 3.05) is 19.1 Å². The Hall–Kier alpha value is -0.870. The quantitative estimate of drug-likeness (QED) is 0.797. The second-order valence-electron chi connectivity index (χ2n) is 2.90. The topological polar surface area (TPSA) is 35.2 Å². The van der Waals surface area contributed by atoms with Gasteiger partial charge in [-0.1, -0.05) is 0 Å². The van der Waals surface area contributed by atoms with Gasteiger partial charge in [0.05, 0.1) is 17.5 Å². The van der Waals surface area contributed by atoms with Crippen LogP contribution in [0.2, 0.25) is 0 Å². The van der Waals surface area contributed by atoms with Crippen molar-refractivity contribution in [3.05, 3.63) is 17.5 Å². The fourth-order valence-corrected chi connectivity index (χ4v) is 2.76. The van der Waals surface area contributed by atoms with E-state index in [0.717, 1.165) is 21.5 Å². The number of anilines is 1. The molecule has 0 aliphatic rings. The zero-order valence-corrected chi connectivity index (χ0v) is 9.67. The van der Waals surface area contributed by atoms with Crippen molar-refractivity contribution in [3.63, 3.8) is 0 Å². The van der Waals surface area contributed by atoms with Crippen LogP contribution in [-0.4, -0.2) is 13.4 Å². The van der Waals surface area contributed by atoms with Gasteiger partial charge in [-0.3, -0.25) is 0 Å². The van der Waals surface area contributed by atoms with Crippen molar-refractivity contribution in [1.29, 1.82) is 0 Å². The Morgan fingerprint density at radius 1 is 1.43 bits per heavy atom. The summed E-state index contributed by atoms with van der Waals surface area (Å²) in [5.41, 5.74) is 6.70. The van der Waals surface area contributed by atoms with Crippen molar-refractivity contribution in [2.24, 2.45) is 0 Å². The summed E-state index contributed by atoms with van der Waals surface area (Å²) >= 11 is 3.32. The molecule has 1 aromatic heterocycles. The van der Waals surface area contributed by atoms with Gasteiger partial charge in [-0.15, -0.1) is 23.1 Å². The first-order valence-electron chi connectivity index (χ1n) is 4.15. The Bertz CT molecular complexity index is 464. The maximum absolute atomic E-state index is 5.87. The van der Waals surface area contributed by atoms with Crippen LogP contribution in [0.3, 0.4) is 0 Å². The summed E-state index contributed by atoms with van der Waals surface area (Å²) in [5.74, 6) is 0.911. The van der Waals surface area contributed by atoms with Crippen molar-refractivity contribution in [3.8, 4) is 5.75 Å². The van der Waals surface area contributed by atoms with Gasteiger partial charge in [-0.25, -0.2) is 0 Å². The standard InChI is InChI=1S/C10H11NOS2/c1-12-9-4-6(13-2)3-7-8(11)5-14-10(7)9/h3-5H,11H2,1-2H3. The number of ether oxygens (including phenoxy) is 1. The molecule has 0 spiro atoms. The highest BCUT2D eigenvalue weighted by Crippen LogP contribution is 2.38. The third-order valence-corrected chi connectivity index (χ3v) is 3.83. The third kappa shape index (κ3) is 1.44. The lowest BCUT2D eigenvalue weighted by molar-refractivity contribution is 0.419. The number of hydrogen-bond acceptors (Lipinski definition) is 4. The van der Waals surface area contributed by atoms with Gasteiger partial charge in [0.25, 0.3) is 0 Å². The smallest absolute Gasteiger partial charge is 0.137 e. The predicted molar refractivity (Wildman–Crippen MR) is 64.6 cm³/mol. The van der Waals surface area contributed by atoms with Crippen molar-refractivity contribution in [1.82, 2.24) is 0 Å². The van der Waals surface area contributed by atoms with Crippen molar-refractivity contribution < 1.29 is 4.74 Å². The molecule has 74 valence electrons. The molecule has 1 heterocycles. The number of thioether (sulfide) groups is 1. The van der Waals surface area contributed by atoms with Crippen LogP contribution in [0.1, 0.15) is 0 Å². The number of thiophene rings is 1. The van der Waals surface area contributed by atoms with E-state index in [9.17, 15) is 0 Å². The molecule has 0 atom stereocenters. The monoisotopic (exact) mass is 225 g/mol. The van der Waals surface area contributed by atoms with E-state index in [-0.39, 0.29) is 0 Å². The molecule has 0 saturated heterocycles. The van der Waals surface area contributed by atoms with Crippen LogP contribution in [-0.2, 0) is 0 Å². The average Bonchev–Trinajstić information content (AvgIpc) is 2.59. The SMILES string of the molecule is COc1cc(SC)cc2c(N)csc12. The third-order valence-electron chi connectivity index (χ3n) is 2.10. The molecule has 2 N–H and O–H groups in total. The van der Waals surface area contributed by atoms with Gasteiger partial charge < -0.3 is 10.5 Å². The minimum absolute atomic E-state index is 0.833. The number of methoxy groups -OCH3 is 1. The normalized spacial score (nSPS) is 10.7. The van der Waals surface area contributed by atoms with E-state index >= 15 is 0 Å². The van der Waals surface area contributed by atoms with Crippen LogP contribution in [0.25, 0.3) is 10.1 Å². The summed E-state index contributed by atoms with van der Waals surface area (Å²) < 4.78 is 6.45. The molecule has 0 bridgehead atoms. The fraction of sp³-hybridized carbons (Fsp3) is 0.200. The Balaban J connectivity index is 2.76. The molecule has 0 fully saturated rings. The van der Waals surface area contributed by atoms with Gasteiger partial charge in [0.1, 0.15) is 5.75 Å². The van der Waals surface area contributed by atoms with E-state index in [1.165, 1.54) is 4.90 Å². The first-order chi connectivity index (χ1) is 6.76. The molecule has 4 heteroatoms. The molecule has 0 aliphatic carbocycles. The van der Waals surface area contributed by atoms with Crippen molar-refractivity contribution >= 4 is 38.9 Å². The van der Waals surface area contributed by atoms with Gasteiger partial charge in [0.2, 0.25) is 0 Å². The summed E-state index contributed by atoms with van der Waals surface area (Å²) in [5, 5.41) is 3.05. The van der Waals surface area contributed by atoms with E-state index in [4.69, 9.17) is 10.5 Å². The Kier molecular flexibility index (Phi) is 2.56. The number of rotatable bonds is 2. The molecule has 14 heavy (non-hydrogen) atoms. The maximum atomic E-state index is 5.87. The number of nitrogens with two attached hydrogens (primary N) is 1. The lowest BCUT2D eigenvalue weighted by Gasteiger charge is -2.04. The highest BCUT2D eigenvalue weighted by Gasteiger charge is 2.08. The number of fused-ring (bicyclic) bond motifs is 1. The van der Waals surface area contributed by atoms with Crippen LogP contribution in [0.4, 0.5) is 5.69 Å². The second kappa shape index (κ2) is 3.71. The molecular weight excluding hydrogens is 214 g/mol. The Labute approximate surface area is 91.1 Å². The van der Waals surface area contributed by atoms with E-state index in [0.29, 0.717) is 0 Å². The van der Waals surface area contributed by atoms with Crippen LogP contribution in [0, 0.1) is 0 Å². The first-order valence-corrected chi connectivity index (χ1v) is 6.25. The molecule has 1 aromatic carbocycles. The molecular formula is C10H11NOS2. The summed E-state index contributed by atoms with van der Waals surface area (Å²) in [4.78, 5) is 1.18. The second-order valence-corrected chi connectivity index (χ2v) is 4.66. The Morgan fingerprint density at radius 3 is 2.86 bits per heavy atom. The molecule has 0 saturated carbocycles. The highest BCUT2D eigenvalue weighted by atomic mass is 32.2. The summed E-state index contributed by atoms with van der Waals surface area (Å²) in [6, 6.07) is 4.15. The van der Waals surface area contributed by atoms with Crippen LogP contribution in [0.5, 0.6) is 5.75 Å². The van der Waals surface area contributed by atoms with Gasteiger partial charge >= 0.3 is 0 Å². The van der Waals surface area contributed by atoms with Crippen LogP contribution >= 0.6 is 23.1 Å². The molecule has 2 rings (SSSR count). The molecule has 2 aromatic rings. The molecule has 0 radical (unpaired) electrons. The van der Waals surface area contributed by atoms with E-state index in [1.54, 1.807) is 30.2 Å². The lowest BCUT2D eigenvalue weighted by Crippen LogP contribution is -1.85. The fourth-order valence-electron chi connectivity index (χ4n) is 1.37. The molecule has 0 aliphatic heterocycles.